The zero-order chi connectivity index (χ0) is 20.8. The van der Waals surface area contributed by atoms with Crippen molar-refractivity contribution in [2.24, 2.45) is 0 Å². The van der Waals surface area contributed by atoms with Gasteiger partial charge < -0.3 is 5.73 Å². The molecule has 0 saturated heterocycles. The first-order chi connectivity index (χ1) is 14.0. The van der Waals surface area contributed by atoms with Crippen LogP contribution in [-0.2, 0) is 0 Å². The number of nitrogens with two attached hydrogens (primary N) is 1. The smallest absolute Gasteiger partial charge is 0.270 e. The molecule has 0 unspecified atom stereocenters. The van der Waals surface area contributed by atoms with E-state index in [2.05, 4.69) is 47.6 Å². The fourth-order valence-electron chi connectivity index (χ4n) is 2.21. The maximum Gasteiger partial charge on any atom is 0.270 e. The molecular formula is C18H15BrFN7O2. The normalized spacial score (nSPS) is 10.1. The van der Waals surface area contributed by atoms with Gasteiger partial charge in [-0.25, -0.2) is 14.4 Å². The van der Waals surface area contributed by atoms with Crippen molar-refractivity contribution < 1.29 is 14.0 Å². The second-order valence-electron chi connectivity index (χ2n) is 5.63. The molecule has 0 bridgehead atoms. The zero-order valence-corrected chi connectivity index (χ0v) is 16.3. The van der Waals surface area contributed by atoms with Gasteiger partial charge in [0.25, 0.3) is 11.8 Å². The van der Waals surface area contributed by atoms with Gasteiger partial charge in [-0.05, 0) is 52.3 Å². The molecule has 1 aromatic heterocycles. The third kappa shape index (κ3) is 4.96. The van der Waals surface area contributed by atoms with Gasteiger partial charge in [-0.15, -0.1) is 0 Å². The Balaban J connectivity index is 1.63. The Morgan fingerprint density at radius 1 is 0.897 bits per heavy atom. The topological polar surface area (TPSA) is 134 Å². The summed E-state index contributed by atoms with van der Waals surface area (Å²) in [6, 6.07) is 11.9. The number of nitrogen functional groups attached to an aromatic ring is 1. The summed E-state index contributed by atoms with van der Waals surface area (Å²) in [4.78, 5) is 32.2. The SMILES string of the molecule is Nc1c(NNC(=O)c2ccc(F)cc2)ncnc1NNC(=O)c1ccccc1Br. The lowest BCUT2D eigenvalue weighted by molar-refractivity contribution is 0.0954. The molecule has 3 aromatic rings. The van der Waals surface area contributed by atoms with Gasteiger partial charge in [-0.2, -0.15) is 0 Å². The van der Waals surface area contributed by atoms with E-state index in [0.29, 0.717) is 10.0 Å². The van der Waals surface area contributed by atoms with E-state index >= 15 is 0 Å². The van der Waals surface area contributed by atoms with E-state index in [1.807, 2.05) is 0 Å². The molecule has 0 spiro atoms. The summed E-state index contributed by atoms with van der Waals surface area (Å²) in [5, 5.41) is 0. The molecule has 0 aliphatic carbocycles. The lowest BCUT2D eigenvalue weighted by atomic mass is 10.2. The van der Waals surface area contributed by atoms with Crippen molar-refractivity contribution in [2.45, 2.75) is 0 Å². The first kappa shape index (κ1) is 20.0. The fourth-order valence-corrected chi connectivity index (χ4v) is 2.68. The van der Waals surface area contributed by atoms with Gasteiger partial charge in [-0.1, -0.05) is 12.1 Å². The van der Waals surface area contributed by atoms with E-state index < -0.39 is 17.6 Å². The molecule has 29 heavy (non-hydrogen) atoms. The maximum atomic E-state index is 12.9. The third-order valence-electron chi connectivity index (χ3n) is 3.70. The summed E-state index contributed by atoms with van der Waals surface area (Å²) < 4.78 is 13.6. The summed E-state index contributed by atoms with van der Waals surface area (Å²) in [5.41, 5.74) is 16.7. The highest BCUT2D eigenvalue weighted by Crippen LogP contribution is 2.21. The predicted octanol–water partition coefficient (Wildman–Crippen LogP) is 2.47. The highest BCUT2D eigenvalue weighted by Gasteiger charge is 2.13. The molecule has 0 aliphatic rings. The molecule has 0 atom stereocenters. The van der Waals surface area contributed by atoms with E-state index in [-0.39, 0.29) is 22.9 Å². The van der Waals surface area contributed by atoms with Crippen molar-refractivity contribution in [1.29, 1.82) is 0 Å². The summed E-state index contributed by atoms with van der Waals surface area (Å²) in [5.74, 6) is -1.14. The van der Waals surface area contributed by atoms with Gasteiger partial charge >= 0.3 is 0 Å². The van der Waals surface area contributed by atoms with Gasteiger partial charge in [0.1, 0.15) is 17.8 Å². The summed E-state index contributed by atoms with van der Waals surface area (Å²) in [6.45, 7) is 0. The minimum Gasteiger partial charge on any atom is -0.393 e. The fraction of sp³-hybridized carbons (Fsp3) is 0. The number of aromatic nitrogens is 2. The van der Waals surface area contributed by atoms with Crippen molar-refractivity contribution in [3.05, 3.63) is 76.3 Å². The standard InChI is InChI=1S/C18H15BrFN7O2/c19-13-4-2-1-3-12(13)18(29)27-25-16-14(21)15(22-9-23-16)24-26-17(28)10-5-7-11(20)8-6-10/h1-9H,21H2,(H,26,28)(H,27,29)(H2,22,23,24,25). The molecule has 1 heterocycles. The molecule has 9 nitrogen and oxygen atoms in total. The number of hydrogen-bond donors (Lipinski definition) is 5. The zero-order valence-electron chi connectivity index (χ0n) is 14.7. The van der Waals surface area contributed by atoms with Gasteiger partial charge in [0, 0.05) is 10.0 Å². The predicted molar refractivity (Wildman–Crippen MR) is 109 cm³/mol. The second-order valence-corrected chi connectivity index (χ2v) is 6.48. The van der Waals surface area contributed by atoms with E-state index in [9.17, 15) is 14.0 Å². The number of halogens is 2. The number of nitrogens with zero attached hydrogens (tertiary/aromatic N) is 2. The number of hydrazine groups is 2. The average Bonchev–Trinajstić information content (AvgIpc) is 2.72. The van der Waals surface area contributed by atoms with Crippen LogP contribution >= 0.6 is 15.9 Å². The summed E-state index contributed by atoms with van der Waals surface area (Å²) in [6.07, 6.45) is 1.19. The number of rotatable bonds is 6. The molecule has 3 rings (SSSR count). The Labute approximate surface area is 173 Å². The van der Waals surface area contributed by atoms with E-state index in [1.165, 1.54) is 30.6 Å². The molecule has 0 aliphatic heterocycles. The van der Waals surface area contributed by atoms with E-state index in [4.69, 9.17) is 5.73 Å². The Kier molecular flexibility index (Phi) is 6.19. The van der Waals surface area contributed by atoms with Crippen LogP contribution < -0.4 is 27.4 Å². The van der Waals surface area contributed by atoms with Crippen LogP contribution in [0, 0.1) is 5.82 Å². The highest BCUT2D eigenvalue weighted by molar-refractivity contribution is 9.10. The minimum absolute atomic E-state index is 0.0549. The van der Waals surface area contributed by atoms with Crippen molar-refractivity contribution >= 4 is 45.1 Å². The number of hydrogen-bond acceptors (Lipinski definition) is 7. The number of carbonyl (C=O) groups excluding carboxylic acids is 2. The molecular weight excluding hydrogens is 445 g/mol. The van der Waals surface area contributed by atoms with Crippen molar-refractivity contribution in [2.75, 3.05) is 16.6 Å². The van der Waals surface area contributed by atoms with E-state index in [1.54, 1.807) is 24.3 Å². The van der Waals surface area contributed by atoms with Crippen LogP contribution in [0.1, 0.15) is 20.7 Å². The Morgan fingerprint density at radius 2 is 1.48 bits per heavy atom. The van der Waals surface area contributed by atoms with Gasteiger partial charge in [-0.3, -0.25) is 31.3 Å². The molecule has 0 radical (unpaired) electrons. The average molecular weight is 460 g/mol. The van der Waals surface area contributed by atoms with Crippen LogP contribution in [0.15, 0.2) is 59.3 Å². The lowest BCUT2D eigenvalue weighted by Crippen LogP contribution is -2.32. The number of benzene rings is 2. The van der Waals surface area contributed by atoms with Crippen LogP contribution in [-0.4, -0.2) is 21.8 Å². The van der Waals surface area contributed by atoms with Crippen molar-refractivity contribution in [1.82, 2.24) is 20.8 Å². The lowest BCUT2D eigenvalue weighted by Gasteiger charge is -2.14. The quantitative estimate of drug-likeness (QED) is 0.357. The molecule has 6 N–H and O–H groups in total. The van der Waals surface area contributed by atoms with Gasteiger partial charge in [0.2, 0.25) is 0 Å². The molecule has 2 aromatic carbocycles. The first-order valence-electron chi connectivity index (χ1n) is 8.19. The van der Waals surface area contributed by atoms with Gasteiger partial charge in [0.05, 0.1) is 5.56 Å². The van der Waals surface area contributed by atoms with Crippen molar-refractivity contribution in [3.63, 3.8) is 0 Å². The largest absolute Gasteiger partial charge is 0.393 e. The molecule has 0 fully saturated rings. The maximum absolute atomic E-state index is 12.9. The van der Waals surface area contributed by atoms with Crippen molar-refractivity contribution in [3.8, 4) is 0 Å². The summed E-state index contributed by atoms with van der Waals surface area (Å²) in [7, 11) is 0. The van der Waals surface area contributed by atoms with Crippen LogP contribution in [0.4, 0.5) is 21.7 Å². The first-order valence-corrected chi connectivity index (χ1v) is 8.98. The molecule has 2 amide bonds. The summed E-state index contributed by atoms with van der Waals surface area (Å²) >= 11 is 3.30. The van der Waals surface area contributed by atoms with E-state index in [0.717, 1.165) is 0 Å². The molecule has 148 valence electrons. The number of amides is 2. The highest BCUT2D eigenvalue weighted by atomic mass is 79.9. The van der Waals surface area contributed by atoms with Gasteiger partial charge in [0.15, 0.2) is 11.6 Å². The Morgan fingerprint density at radius 3 is 2.10 bits per heavy atom. The second kappa shape index (κ2) is 8.97. The third-order valence-corrected chi connectivity index (χ3v) is 4.39. The Bertz CT molecular complexity index is 1050. The number of anilines is 3. The Hall–Kier alpha value is -3.73. The van der Waals surface area contributed by atoms with Crippen LogP contribution in [0.5, 0.6) is 0 Å². The number of nitrogens with one attached hydrogen (secondary N) is 4. The minimum atomic E-state index is -0.514. The van der Waals surface area contributed by atoms with Crippen LogP contribution in [0.25, 0.3) is 0 Å². The van der Waals surface area contributed by atoms with Crippen LogP contribution in [0.3, 0.4) is 0 Å². The molecule has 0 saturated carbocycles. The number of carbonyl (C=O) groups is 2. The monoisotopic (exact) mass is 459 g/mol. The van der Waals surface area contributed by atoms with Crippen LogP contribution in [0.2, 0.25) is 0 Å². The molecule has 11 heteroatoms.